The summed E-state index contributed by atoms with van der Waals surface area (Å²) in [7, 11) is 0. The first-order chi connectivity index (χ1) is 8.72. The molecule has 0 spiro atoms. The highest BCUT2D eigenvalue weighted by atomic mass is 16.5. The fourth-order valence-electron chi connectivity index (χ4n) is 1.30. The lowest BCUT2D eigenvalue weighted by molar-refractivity contribution is 0.0524. The second-order valence-corrected chi connectivity index (χ2v) is 3.29. The molecule has 0 aliphatic rings. The maximum atomic E-state index is 11.7. The average molecular weight is 246 g/mol. The van der Waals surface area contributed by atoms with Crippen LogP contribution in [0.2, 0.25) is 0 Å². The van der Waals surface area contributed by atoms with Gasteiger partial charge in [0, 0.05) is 18.6 Å². The zero-order valence-electron chi connectivity index (χ0n) is 9.58. The molecule has 0 aromatic carbocycles. The number of rotatable bonds is 3. The van der Waals surface area contributed by atoms with Crippen molar-refractivity contribution in [3.05, 3.63) is 40.7 Å². The van der Waals surface area contributed by atoms with E-state index in [2.05, 4.69) is 19.9 Å². The number of hydrogen-bond acceptors (Lipinski definition) is 6. The third kappa shape index (κ3) is 2.40. The van der Waals surface area contributed by atoms with E-state index >= 15 is 0 Å². The molecule has 92 valence electrons. The average Bonchev–Trinajstić information content (AvgIpc) is 2.40. The van der Waals surface area contributed by atoms with Crippen LogP contribution in [0.25, 0.3) is 11.5 Å². The van der Waals surface area contributed by atoms with Crippen LogP contribution in [0.5, 0.6) is 0 Å². The highest BCUT2D eigenvalue weighted by molar-refractivity contribution is 5.88. The molecule has 0 amide bonds. The summed E-state index contributed by atoms with van der Waals surface area (Å²) in [5, 5.41) is 0. The van der Waals surface area contributed by atoms with Crippen LogP contribution in [0.1, 0.15) is 17.3 Å². The first-order valence-corrected chi connectivity index (χ1v) is 5.25. The molecular weight excluding hydrogens is 236 g/mol. The van der Waals surface area contributed by atoms with Crippen molar-refractivity contribution in [3.63, 3.8) is 0 Å². The Morgan fingerprint density at radius 1 is 1.33 bits per heavy atom. The van der Waals surface area contributed by atoms with E-state index in [0.29, 0.717) is 5.69 Å². The second-order valence-electron chi connectivity index (χ2n) is 3.29. The molecule has 0 saturated carbocycles. The van der Waals surface area contributed by atoms with Crippen LogP contribution in [0.4, 0.5) is 0 Å². The van der Waals surface area contributed by atoms with Crippen molar-refractivity contribution in [1.82, 2.24) is 19.9 Å². The van der Waals surface area contributed by atoms with Crippen LogP contribution >= 0.6 is 0 Å². The number of nitrogens with zero attached hydrogens (tertiary/aromatic N) is 3. The van der Waals surface area contributed by atoms with Gasteiger partial charge < -0.3 is 9.72 Å². The Kier molecular flexibility index (Phi) is 3.42. The van der Waals surface area contributed by atoms with Crippen molar-refractivity contribution in [2.24, 2.45) is 0 Å². The molecule has 0 unspecified atom stereocenters. The number of nitrogens with one attached hydrogen (secondary N) is 1. The smallest absolute Gasteiger partial charge is 0.345 e. The van der Waals surface area contributed by atoms with Gasteiger partial charge in [0.15, 0.2) is 5.82 Å². The molecule has 0 atom stereocenters. The molecule has 2 aromatic rings. The van der Waals surface area contributed by atoms with Gasteiger partial charge in [-0.3, -0.25) is 9.78 Å². The maximum absolute atomic E-state index is 11.7. The third-order valence-corrected chi connectivity index (χ3v) is 2.10. The molecule has 0 aliphatic carbocycles. The number of H-pyrrole nitrogens is 1. The van der Waals surface area contributed by atoms with Crippen LogP contribution in [-0.4, -0.2) is 32.5 Å². The van der Waals surface area contributed by atoms with Gasteiger partial charge >= 0.3 is 5.97 Å². The van der Waals surface area contributed by atoms with E-state index < -0.39 is 11.5 Å². The molecule has 1 N–H and O–H groups in total. The molecule has 0 bridgehead atoms. The molecule has 0 saturated heterocycles. The summed E-state index contributed by atoms with van der Waals surface area (Å²) in [4.78, 5) is 37.4. The van der Waals surface area contributed by atoms with Crippen molar-refractivity contribution in [1.29, 1.82) is 0 Å². The lowest BCUT2D eigenvalue weighted by Gasteiger charge is -2.02. The van der Waals surface area contributed by atoms with Crippen molar-refractivity contribution >= 4 is 5.97 Å². The lowest BCUT2D eigenvalue weighted by Crippen LogP contribution is -2.21. The third-order valence-electron chi connectivity index (χ3n) is 2.10. The van der Waals surface area contributed by atoms with Crippen LogP contribution in [0, 0.1) is 0 Å². The number of ether oxygens (including phenoxy) is 1. The Morgan fingerprint density at radius 2 is 2.17 bits per heavy atom. The van der Waals surface area contributed by atoms with E-state index in [4.69, 9.17) is 4.74 Å². The van der Waals surface area contributed by atoms with Crippen LogP contribution in [-0.2, 0) is 4.74 Å². The largest absolute Gasteiger partial charge is 0.462 e. The number of esters is 1. The van der Waals surface area contributed by atoms with Gasteiger partial charge in [-0.2, -0.15) is 0 Å². The zero-order chi connectivity index (χ0) is 13.0. The van der Waals surface area contributed by atoms with Crippen LogP contribution in [0.3, 0.4) is 0 Å². The molecule has 7 nitrogen and oxygen atoms in total. The lowest BCUT2D eigenvalue weighted by atomic mass is 10.3. The number of hydrogen-bond donors (Lipinski definition) is 1. The molecule has 2 rings (SSSR count). The van der Waals surface area contributed by atoms with Gasteiger partial charge in [0.25, 0.3) is 5.56 Å². The summed E-state index contributed by atoms with van der Waals surface area (Å²) in [6.45, 7) is 1.86. The predicted octanol–water partition coefficient (Wildman–Crippen LogP) is 0.404. The van der Waals surface area contributed by atoms with E-state index in [1.54, 1.807) is 6.92 Å². The number of carbonyl (C=O) groups excluding carboxylic acids is 1. The Labute approximate surface area is 102 Å². The Balaban J connectivity index is 2.37. The SMILES string of the molecule is CCOC(=O)c1cnc(-c2cnccn2)[nH]c1=O. The summed E-state index contributed by atoms with van der Waals surface area (Å²) >= 11 is 0. The van der Waals surface area contributed by atoms with Gasteiger partial charge in [-0.25, -0.2) is 14.8 Å². The van der Waals surface area contributed by atoms with Gasteiger partial charge in [0.1, 0.15) is 11.3 Å². The van der Waals surface area contributed by atoms with Crippen LogP contribution in [0.15, 0.2) is 29.6 Å². The summed E-state index contributed by atoms with van der Waals surface area (Å²) in [5.74, 6) is -0.446. The Bertz CT molecular complexity index is 609. The zero-order valence-corrected chi connectivity index (χ0v) is 9.58. The van der Waals surface area contributed by atoms with Crippen LogP contribution < -0.4 is 5.56 Å². The minimum Gasteiger partial charge on any atom is -0.462 e. The highest BCUT2D eigenvalue weighted by Crippen LogP contribution is 2.06. The number of aromatic nitrogens is 4. The number of carbonyl (C=O) groups is 1. The molecule has 0 aliphatic heterocycles. The molecule has 7 heteroatoms. The molecule has 0 fully saturated rings. The summed E-state index contributed by atoms with van der Waals surface area (Å²) < 4.78 is 4.73. The standard InChI is InChI=1S/C11H10N4O3/c1-2-18-11(17)7-5-14-9(15-10(7)16)8-6-12-3-4-13-8/h3-6H,2H2,1H3,(H,14,15,16). The van der Waals surface area contributed by atoms with E-state index in [1.165, 1.54) is 24.8 Å². The molecule has 18 heavy (non-hydrogen) atoms. The van der Waals surface area contributed by atoms with Gasteiger partial charge in [-0.05, 0) is 6.92 Å². The highest BCUT2D eigenvalue weighted by Gasteiger charge is 2.13. The summed E-state index contributed by atoms with van der Waals surface area (Å²) in [5.41, 5.74) is -0.279. The minimum atomic E-state index is -0.697. The van der Waals surface area contributed by atoms with E-state index in [0.717, 1.165) is 0 Å². The second kappa shape index (κ2) is 5.17. The fourth-order valence-corrected chi connectivity index (χ4v) is 1.30. The van der Waals surface area contributed by atoms with Crippen molar-refractivity contribution in [3.8, 4) is 11.5 Å². The minimum absolute atomic E-state index is 0.135. The maximum Gasteiger partial charge on any atom is 0.345 e. The topological polar surface area (TPSA) is 97.8 Å². The number of aromatic amines is 1. The first kappa shape index (κ1) is 11.9. The fraction of sp³-hybridized carbons (Fsp3) is 0.182. The normalized spacial score (nSPS) is 10.1. The van der Waals surface area contributed by atoms with Gasteiger partial charge in [-0.1, -0.05) is 0 Å². The van der Waals surface area contributed by atoms with Gasteiger partial charge in [-0.15, -0.1) is 0 Å². The Hall–Kier alpha value is -2.57. The molecule has 2 aromatic heterocycles. The van der Waals surface area contributed by atoms with Crippen molar-refractivity contribution < 1.29 is 9.53 Å². The Morgan fingerprint density at radius 3 is 2.78 bits per heavy atom. The predicted molar refractivity (Wildman–Crippen MR) is 61.8 cm³/mol. The van der Waals surface area contributed by atoms with E-state index in [1.807, 2.05) is 0 Å². The van der Waals surface area contributed by atoms with Crippen molar-refractivity contribution in [2.75, 3.05) is 6.61 Å². The summed E-state index contributed by atoms with van der Waals surface area (Å²) in [6.07, 6.45) is 5.62. The quantitative estimate of drug-likeness (QED) is 0.787. The molecule has 2 heterocycles. The summed E-state index contributed by atoms with van der Waals surface area (Å²) in [6, 6.07) is 0. The monoisotopic (exact) mass is 246 g/mol. The van der Waals surface area contributed by atoms with Gasteiger partial charge in [0.05, 0.1) is 12.8 Å². The molecule has 0 radical (unpaired) electrons. The first-order valence-electron chi connectivity index (χ1n) is 5.25. The van der Waals surface area contributed by atoms with E-state index in [-0.39, 0.29) is 18.0 Å². The molecular formula is C11H10N4O3. The van der Waals surface area contributed by atoms with Crippen molar-refractivity contribution in [2.45, 2.75) is 6.92 Å². The van der Waals surface area contributed by atoms with Gasteiger partial charge in [0.2, 0.25) is 0 Å². The van der Waals surface area contributed by atoms with E-state index in [9.17, 15) is 9.59 Å².